The third-order valence-corrected chi connectivity index (χ3v) is 5.46. The summed E-state index contributed by atoms with van der Waals surface area (Å²) in [6.45, 7) is 0.474. The topological polar surface area (TPSA) is 166 Å². The van der Waals surface area contributed by atoms with Gasteiger partial charge in [0.15, 0.2) is 0 Å². The first kappa shape index (κ1) is 21.8. The number of aliphatic hydroxyl groups excluding tert-OH is 3. The molecular formula is C17H26N3O9+. The van der Waals surface area contributed by atoms with Crippen molar-refractivity contribution >= 4 is 17.9 Å². The van der Waals surface area contributed by atoms with E-state index >= 15 is 0 Å². The van der Waals surface area contributed by atoms with Gasteiger partial charge in [-0.1, -0.05) is 0 Å². The van der Waals surface area contributed by atoms with Crippen molar-refractivity contribution in [1.29, 1.82) is 0 Å². The minimum absolute atomic E-state index is 0.00787. The molecular weight excluding hydrogens is 390 g/mol. The lowest BCUT2D eigenvalue weighted by Gasteiger charge is -2.47. The number of imide groups is 1. The van der Waals surface area contributed by atoms with Crippen LogP contribution in [0.2, 0.25) is 0 Å². The fraction of sp³-hybridized carbons (Fsp3) is 0.706. The van der Waals surface area contributed by atoms with Gasteiger partial charge in [0.1, 0.15) is 12.3 Å². The number of hydrogen-bond acceptors (Lipinski definition) is 9. The number of carboxylic acid groups (broad SMARTS) is 1. The third kappa shape index (κ3) is 4.05. The molecule has 0 aliphatic carbocycles. The molecule has 6 atom stereocenters. The summed E-state index contributed by atoms with van der Waals surface area (Å²) in [4.78, 5) is 37.8. The summed E-state index contributed by atoms with van der Waals surface area (Å²) in [6.07, 6.45) is -3.35. The molecule has 5 N–H and O–H groups in total. The fourth-order valence-electron chi connectivity index (χ4n) is 4.04. The second-order valence-electron chi connectivity index (χ2n) is 7.50. The number of aliphatic carboxylic acids is 1. The van der Waals surface area contributed by atoms with Gasteiger partial charge in [-0.05, 0) is 6.92 Å². The number of amides is 3. The molecule has 162 valence electrons. The van der Waals surface area contributed by atoms with Gasteiger partial charge in [-0.3, -0.25) is 14.5 Å². The number of nitrogens with one attached hydrogen (secondary N) is 1. The van der Waals surface area contributed by atoms with E-state index in [2.05, 4.69) is 5.32 Å². The molecule has 2 saturated heterocycles. The van der Waals surface area contributed by atoms with Crippen molar-refractivity contribution in [2.75, 3.05) is 32.8 Å². The van der Waals surface area contributed by atoms with Gasteiger partial charge in [-0.25, -0.2) is 10.1 Å². The average molecular weight is 416 g/mol. The van der Waals surface area contributed by atoms with Crippen molar-refractivity contribution in [3.63, 3.8) is 0 Å². The molecule has 12 heteroatoms. The molecule has 3 amide bonds. The first-order valence-corrected chi connectivity index (χ1v) is 9.29. The maximum absolute atomic E-state index is 13.1. The van der Waals surface area contributed by atoms with Crippen LogP contribution in [0.5, 0.6) is 0 Å². The minimum Gasteiger partial charge on any atom is -0.480 e. The lowest BCUT2D eigenvalue weighted by molar-refractivity contribution is -0.901. The van der Waals surface area contributed by atoms with Gasteiger partial charge in [-0.15, -0.1) is 0 Å². The Kier molecular flexibility index (Phi) is 6.33. The molecule has 29 heavy (non-hydrogen) atoms. The number of carbonyl (C=O) groups excluding carboxylic acids is 2. The van der Waals surface area contributed by atoms with Crippen molar-refractivity contribution in [3.05, 3.63) is 11.8 Å². The largest absolute Gasteiger partial charge is 0.480 e. The van der Waals surface area contributed by atoms with Crippen molar-refractivity contribution < 1.29 is 48.8 Å². The number of hydrogen-bond donors (Lipinski definition) is 5. The molecule has 3 heterocycles. The van der Waals surface area contributed by atoms with E-state index < -0.39 is 66.4 Å². The third-order valence-electron chi connectivity index (χ3n) is 5.46. The highest BCUT2D eigenvalue weighted by atomic mass is 16.6. The predicted octanol–water partition coefficient (Wildman–Crippen LogP) is -2.47. The number of morpholine rings is 1. The Morgan fingerprint density at radius 3 is 2.55 bits per heavy atom. The van der Waals surface area contributed by atoms with Crippen molar-refractivity contribution in [3.8, 4) is 0 Å². The summed E-state index contributed by atoms with van der Waals surface area (Å²) < 4.78 is 11.0. The maximum atomic E-state index is 13.1. The number of rotatable bonds is 6. The number of aliphatic hydroxyl groups is 3. The Morgan fingerprint density at radius 2 is 1.97 bits per heavy atom. The molecule has 3 aliphatic heterocycles. The molecule has 0 saturated carbocycles. The molecule has 2 fully saturated rings. The second kappa shape index (κ2) is 8.44. The monoisotopic (exact) mass is 416 g/mol. The first-order chi connectivity index (χ1) is 13.7. The SMILES string of the molecule is CC1=C[N+](C2CN(CC(=O)O)CC(CO)O2)([C@H]2C[C@H](O)[C@@H](CO)O2)C(=O)NC1=O. The summed E-state index contributed by atoms with van der Waals surface area (Å²) in [5.74, 6) is -1.66. The lowest BCUT2D eigenvalue weighted by atomic mass is 10.1. The molecule has 3 aliphatic rings. The standard InChI is InChI=1S/C17H25N3O9/c1-9-6-20(17(27)18-16(9)26,13-2-11(23)12(8-22)29-13)14-4-19(5-15(24)25)3-10(7-21)28-14/h6,10-14,21-23H,2-5,7-8H2,1H3,(H-,18,24,25,26,27)/p+1/t10?,11-,12+,13+,14?,20?/m0/s1. The summed E-state index contributed by atoms with van der Waals surface area (Å²) in [6, 6.07) is -0.754. The summed E-state index contributed by atoms with van der Waals surface area (Å²) in [5.41, 5.74) is 0.217. The molecule has 0 radical (unpaired) electrons. The van der Waals surface area contributed by atoms with E-state index in [0.717, 1.165) is 0 Å². The van der Waals surface area contributed by atoms with Gasteiger partial charge in [-0.2, -0.15) is 4.48 Å². The van der Waals surface area contributed by atoms with Gasteiger partial charge in [0.05, 0.1) is 50.5 Å². The zero-order valence-electron chi connectivity index (χ0n) is 15.9. The summed E-state index contributed by atoms with van der Waals surface area (Å²) in [7, 11) is 0. The smallest absolute Gasteiger partial charge is 0.432 e. The van der Waals surface area contributed by atoms with Gasteiger partial charge in [0, 0.05) is 6.54 Å². The Labute approximate surface area is 166 Å². The highest BCUT2D eigenvalue weighted by molar-refractivity contribution is 6.03. The van der Waals surface area contributed by atoms with E-state index in [1.807, 2.05) is 0 Å². The quantitative estimate of drug-likeness (QED) is 0.293. The number of carbonyl (C=O) groups is 3. The number of quaternary nitrogens is 1. The Bertz CT molecular complexity index is 714. The fourth-order valence-corrected chi connectivity index (χ4v) is 4.04. The molecule has 0 spiro atoms. The Hall–Kier alpha value is -1.93. The molecule has 12 nitrogen and oxygen atoms in total. The van der Waals surface area contributed by atoms with Gasteiger partial charge in [0.25, 0.3) is 5.91 Å². The highest BCUT2D eigenvalue weighted by Crippen LogP contribution is 2.37. The molecule has 3 rings (SSSR count). The van der Waals surface area contributed by atoms with Crippen LogP contribution in [0.15, 0.2) is 11.8 Å². The van der Waals surface area contributed by atoms with E-state index in [0.29, 0.717) is 0 Å². The van der Waals surface area contributed by atoms with E-state index in [-0.39, 0.29) is 31.6 Å². The van der Waals surface area contributed by atoms with Crippen LogP contribution in [0, 0.1) is 0 Å². The van der Waals surface area contributed by atoms with Crippen LogP contribution in [0.3, 0.4) is 0 Å². The normalized spacial score (nSPS) is 38.6. The molecule has 0 aromatic heterocycles. The predicted molar refractivity (Wildman–Crippen MR) is 93.7 cm³/mol. The van der Waals surface area contributed by atoms with Crippen molar-refractivity contribution in [1.82, 2.24) is 10.2 Å². The van der Waals surface area contributed by atoms with Crippen LogP contribution in [0.1, 0.15) is 13.3 Å². The molecule has 0 bridgehead atoms. The van der Waals surface area contributed by atoms with Crippen LogP contribution in [0.4, 0.5) is 4.79 Å². The zero-order chi connectivity index (χ0) is 21.3. The van der Waals surface area contributed by atoms with E-state index in [1.54, 1.807) is 0 Å². The van der Waals surface area contributed by atoms with Crippen molar-refractivity contribution in [2.45, 2.75) is 44.1 Å². The second-order valence-corrected chi connectivity index (χ2v) is 7.50. The number of carboxylic acids is 1. The Balaban J connectivity index is 2.02. The minimum atomic E-state index is -1.08. The Morgan fingerprint density at radius 1 is 1.24 bits per heavy atom. The van der Waals surface area contributed by atoms with Crippen LogP contribution >= 0.6 is 0 Å². The number of nitrogens with zero attached hydrogens (tertiary/aromatic N) is 2. The number of ether oxygens (including phenoxy) is 2. The maximum Gasteiger partial charge on any atom is 0.432 e. The van der Waals surface area contributed by atoms with Crippen LogP contribution in [-0.2, 0) is 19.1 Å². The van der Waals surface area contributed by atoms with Crippen LogP contribution in [0.25, 0.3) is 0 Å². The van der Waals surface area contributed by atoms with E-state index in [1.165, 1.54) is 18.0 Å². The first-order valence-electron chi connectivity index (χ1n) is 9.29. The van der Waals surface area contributed by atoms with E-state index in [9.17, 15) is 29.7 Å². The van der Waals surface area contributed by atoms with Crippen LogP contribution < -0.4 is 5.32 Å². The lowest BCUT2D eigenvalue weighted by Crippen LogP contribution is -2.72. The van der Waals surface area contributed by atoms with E-state index in [4.69, 9.17) is 14.6 Å². The van der Waals surface area contributed by atoms with Gasteiger partial charge in [0.2, 0.25) is 12.5 Å². The van der Waals surface area contributed by atoms with Crippen LogP contribution in [-0.4, -0.2) is 111 Å². The van der Waals surface area contributed by atoms with Gasteiger partial charge < -0.3 is 29.9 Å². The summed E-state index contributed by atoms with van der Waals surface area (Å²) >= 11 is 0. The zero-order valence-corrected chi connectivity index (χ0v) is 15.9. The van der Waals surface area contributed by atoms with Crippen molar-refractivity contribution in [2.24, 2.45) is 0 Å². The average Bonchev–Trinajstić information content (AvgIpc) is 3.04. The molecule has 0 aromatic carbocycles. The highest BCUT2D eigenvalue weighted by Gasteiger charge is 2.59. The molecule has 0 aromatic rings. The number of urea groups is 1. The molecule has 3 unspecified atom stereocenters. The van der Waals surface area contributed by atoms with Gasteiger partial charge >= 0.3 is 12.0 Å². The summed E-state index contributed by atoms with van der Waals surface area (Å²) in [5, 5.41) is 40.6.